The fourth-order valence-corrected chi connectivity index (χ4v) is 1.99. The number of halogens is 2. The van der Waals surface area contributed by atoms with Crippen molar-refractivity contribution < 1.29 is 4.79 Å². The second-order valence-corrected chi connectivity index (χ2v) is 3.83. The zero-order valence-corrected chi connectivity index (χ0v) is 7.48. The lowest BCUT2D eigenvalue weighted by Gasteiger charge is -1.84. The molecule has 10 heavy (non-hydrogen) atoms. The second kappa shape index (κ2) is 2.91. The molecule has 0 aromatic carbocycles. The quantitative estimate of drug-likeness (QED) is 0.629. The normalized spacial score (nSPS) is 9.90. The molecule has 0 amide bonds. The number of hydrogen-bond acceptors (Lipinski definition) is 2. The summed E-state index contributed by atoms with van der Waals surface area (Å²) in [7, 11) is 0. The van der Waals surface area contributed by atoms with Crippen LogP contribution in [0.15, 0.2) is 0 Å². The van der Waals surface area contributed by atoms with Crippen LogP contribution in [0.5, 0.6) is 0 Å². The van der Waals surface area contributed by atoms with Crippen LogP contribution in [0.4, 0.5) is 0 Å². The lowest BCUT2D eigenvalue weighted by Crippen LogP contribution is -1.74. The Hall–Kier alpha value is -0.0500. The summed E-state index contributed by atoms with van der Waals surface area (Å²) in [5, 5.41) is 0.494. The molecule has 0 aliphatic carbocycles. The molecular weight excluding hydrogens is 191 g/mol. The van der Waals surface area contributed by atoms with Gasteiger partial charge in [-0.25, -0.2) is 0 Å². The van der Waals surface area contributed by atoms with Gasteiger partial charge in [-0.05, 0) is 12.5 Å². The topological polar surface area (TPSA) is 17.1 Å². The first-order chi connectivity index (χ1) is 4.66. The van der Waals surface area contributed by atoms with Gasteiger partial charge in [0.2, 0.25) is 0 Å². The molecule has 1 rings (SSSR count). The van der Waals surface area contributed by atoms with E-state index in [1.165, 1.54) is 11.3 Å². The summed E-state index contributed by atoms with van der Waals surface area (Å²) < 4.78 is 0.487. The second-order valence-electron chi connectivity index (χ2n) is 1.80. The minimum Gasteiger partial charge on any atom is -0.297 e. The monoisotopic (exact) mass is 194 g/mol. The van der Waals surface area contributed by atoms with Crippen LogP contribution in [0.1, 0.15) is 15.2 Å². The van der Waals surface area contributed by atoms with Crippen molar-refractivity contribution in [3.8, 4) is 0 Å². The van der Waals surface area contributed by atoms with Crippen molar-refractivity contribution in [2.24, 2.45) is 0 Å². The van der Waals surface area contributed by atoms with Crippen molar-refractivity contribution in [3.05, 3.63) is 19.8 Å². The van der Waals surface area contributed by atoms with E-state index < -0.39 is 0 Å². The maximum atomic E-state index is 10.3. The molecule has 0 fully saturated rings. The fraction of sp³-hybridized carbons (Fsp3) is 0.167. The highest BCUT2D eigenvalue weighted by Gasteiger charge is 2.09. The molecule has 0 unspecified atom stereocenters. The summed E-state index contributed by atoms with van der Waals surface area (Å²) in [5.74, 6) is 0. The van der Waals surface area contributed by atoms with Crippen molar-refractivity contribution in [1.29, 1.82) is 0 Å². The number of carbonyl (C=O) groups excluding carboxylic acids is 1. The fourth-order valence-electron chi connectivity index (χ4n) is 0.586. The van der Waals surface area contributed by atoms with Gasteiger partial charge in [-0.2, -0.15) is 0 Å². The number of hydrogen-bond donors (Lipinski definition) is 0. The van der Waals surface area contributed by atoms with Gasteiger partial charge in [-0.3, -0.25) is 4.79 Å². The summed E-state index contributed by atoms with van der Waals surface area (Å²) in [6, 6.07) is 0. The Labute approximate surface area is 72.6 Å². The average Bonchev–Trinajstić information content (AvgIpc) is 2.17. The molecule has 0 atom stereocenters. The van der Waals surface area contributed by atoms with Crippen molar-refractivity contribution in [2.75, 3.05) is 0 Å². The van der Waals surface area contributed by atoms with Crippen molar-refractivity contribution in [2.45, 2.75) is 6.92 Å². The SMILES string of the molecule is Cc1c(C=O)sc(Cl)c1Cl. The summed E-state index contributed by atoms with van der Waals surface area (Å²) in [4.78, 5) is 10.9. The van der Waals surface area contributed by atoms with Gasteiger partial charge in [0, 0.05) is 0 Å². The summed E-state index contributed by atoms with van der Waals surface area (Å²) in [6.45, 7) is 1.77. The maximum Gasteiger partial charge on any atom is 0.160 e. The summed E-state index contributed by atoms with van der Waals surface area (Å²) in [5.41, 5.74) is 0.770. The molecule has 0 radical (unpaired) electrons. The maximum absolute atomic E-state index is 10.3. The Morgan fingerprint density at radius 3 is 2.30 bits per heavy atom. The Bertz CT molecular complexity index is 267. The van der Waals surface area contributed by atoms with Crippen molar-refractivity contribution in [3.63, 3.8) is 0 Å². The largest absolute Gasteiger partial charge is 0.297 e. The van der Waals surface area contributed by atoms with Gasteiger partial charge in [0.05, 0.1) is 9.90 Å². The molecule has 0 spiro atoms. The number of thiophene rings is 1. The molecule has 1 aromatic rings. The molecule has 4 heteroatoms. The molecule has 0 aliphatic heterocycles. The number of aldehydes is 1. The van der Waals surface area contributed by atoms with E-state index in [4.69, 9.17) is 23.2 Å². The lowest BCUT2D eigenvalue weighted by molar-refractivity contribution is 0.112. The zero-order chi connectivity index (χ0) is 7.72. The van der Waals surface area contributed by atoms with E-state index in [1.807, 2.05) is 0 Å². The summed E-state index contributed by atoms with van der Waals surface area (Å²) in [6.07, 6.45) is 0.762. The van der Waals surface area contributed by atoms with Crippen LogP contribution >= 0.6 is 34.5 Å². The number of rotatable bonds is 1. The third-order valence-corrected chi connectivity index (χ3v) is 3.29. The van der Waals surface area contributed by atoms with Gasteiger partial charge in [-0.1, -0.05) is 23.2 Å². The molecule has 1 aromatic heterocycles. The highest BCUT2D eigenvalue weighted by Crippen LogP contribution is 2.34. The van der Waals surface area contributed by atoms with E-state index >= 15 is 0 Å². The Balaban J connectivity index is 3.30. The first-order valence-electron chi connectivity index (χ1n) is 2.56. The molecule has 0 saturated heterocycles. The van der Waals surface area contributed by atoms with Gasteiger partial charge in [0.15, 0.2) is 6.29 Å². The van der Waals surface area contributed by atoms with Gasteiger partial charge in [0.1, 0.15) is 4.34 Å². The molecule has 1 heterocycles. The third-order valence-electron chi connectivity index (χ3n) is 1.18. The predicted octanol–water partition coefficient (Wildman–Crippen LogP) is 3.18. The summed E-state index contributed by atoms with van der Waals surface area (Å²) >= 11 is 12.5. The third kappa shape index (κ3) is 1.19. The smallest absolute Gasteiger partial charge is 0.160 e. The Kier molecular flexibility index (Phi) is 2.34. The van der Waals surface area contributed by atoms with Crippen LogP contribution in [-0.4, -0.2) is 6.29 Å². The van der Waals surface area contributed by atoms with Gasteiger partial charge >= 0.3 is 0 Å². The highest BCUT2D eigenvalue weighted by atomic mass is 35.5. The highest BCUT2D eigenvalue weighted by molar-refractivity contribution is 7.18. The van der Waals surface area contributed by atoms with Gasteiger partial charge in [0.25, 0.3) is 0 Å². The van der Waals surface area contributed by atoms with Crippen molar-refractivity contribution in [1.82, 2.24) is 0 Å². The van der Waals surface area contributed by atoms with Crippen LogP contribution in [0.25, 0.3) is 0 Å². The van der Waals surface area contributed by atoms with Crippen LogP contribution in [0.3, 0.4) is 0 Å². The standard InChI is InChI=1S/C6H4Cl2OS/c1-3-4(2-9)10-6(8)5(3)7/h2H,1H3. The first kappa shape index (κ1) is 8.05. The van der Waals surface area contributed by atoms with E-state index in [9.17, 15) is 4.79 Å². The molecule has 0 saturated carbocycles. The van der Waals surface area contributed by atoms with E-state index in [0.29, 0.717) is 14.2 Å². The van der Waals surface area contributed by atoms with Crippen LogP contribution in [0, 0.1) is 6.92 Å². The van der Waals surface area contributed by atoms with E-state index in [1.54, 1.807) is 6.92 Å². The van der Waals surface area contributed by atoms with Crippen LogP contribution in [0.2, 0.25) is 9.36 Å². The first-order valence-corrected chi connectivity index (χ1v) is 4.13. The lowest BCUT2D eigenvalue weighted by atomic mass is 10.3. The molecule has 1 nitrogen and oxygen atoms in total. The van der Waals surface area contributed by atoms with Crippen molar-refractivity contribution >= 4 is 40.8 Å². The van der Waals surface area contributed by atoms with Gasteiger partial charge < -0.3 is 0 Å². The zero-order valence-electron chi connectivity index (χ0n) is 5.15. The van der Waals surface area contributed by atoms with E-state index in [-0.39, 0.29) is 0 Å². The average molecular weight is 195 g/mol. The minimum atomic E-state index is 0.487. The Morgan fingerprint density at radius 1 is 1.50 bits per heavy atom. The minimum absolute atomic E-state index is 0.487. The van der Waals surface area contributed by atoms with Crippen LogP contribution < -0.4 is 0 Å². The number of carbonyl (C=O) groups is 1. The van der Waals surface area contributed by atoms with E-state index in [2.05, 4.69) is 0 Å². The van der Waals surface area contributed by atoms with E-state index in [0.717, 1.165) is 11.8 Å². The Morgan fingerprint density at radius 2 is 2.10 bits per heavy atom. The van der Waals surface area contributed by atoms with Gasteiger partial charge in [-0.15, -0.1) is 11.3 Å². The molecule has 0 bridgehead atoms. The predicted molar refractivity (Wildman–Crippen MR) is 44.5 cm³/mol. The molecule has 54 valence electrons. The molecular formula is C6H4Cl2OS. The molecule has 0 N–H and O–H groups in total. The molecule has 0 aliphatic rings. The van der Waals surface area contributed by atoms with Crippen LogP contribution in [-0.2, 0) is 0 Å².